The van der Waals surface area contributed by atoms with Crippen molar-refractivity contribution in [2.75, 3.05) is 0 Å². The Morgan fingerprint density at radius 3 is 2.72 bits per heavy atom. The van der Waals surface area contributed by atoms with E-state index < -0.39 is 0 Å². The standard InChI is InChI=1S/C22H22FN5O/c1-14(2)22(25-13-15-6-5-7-16(23)10-15)19-12-21(29)28-20(26-19)11-18(27-28)17-8-3-4-9-24-17/h3-12,14,22,25,27H,13H2,1-2H3/t22-/m1/s1. The number of nitrogens with one attached hydrogen (secondary N) is 2. The molecule has 0 aliphatic rings. The molecule has 0 saturated carbocycles. The van der Waals surface area contributed by atoms with Crippen LogP contribution >= 0.6 is 0 Å². The third-order valence-electron chi connectivity index (χ3n) is 4.81. The fraction of sp³-hybridized carbons (Fsp3) is 0.227. The van der Waals surface area contributed by atoms with E-state index in [-0.39, 0.29) is 23.3 Å². The van der Waals surface area contributed by atoms with Crippen molar-refractivity contribution < 1.29 is 4.39 Å². The predicted molar refractivity (Wildman–Crippen MR) is 110 cm³/mol. The smallest absolute Gasteiger partial charge is 0.272 e. The summed E-state index contributed by atoms with van der Waals surface area (Å²) in [6, 6.07) is 15.3. The van der Waals surface area contributed by atoms with Crippen molar-refractivity contribution >= 4 is 5.65 Å². The van der Waals surface area contributed by atoms with Crippen molar-refractivity contribution in [3.8, 4) is 11.4 Å². The quantitative estimate of drug-likeness (QED) is 0.525. The second-order valence-electron chi connectivity index (χ2n) is 7.33. The number of halogens is 1. The second-order valence-corrected chi connectivity index (χ2v) is 7.33. The molecule has 148 valence electrons. The molecule has 0 bridgehead atoms. The highest BCUT2D eigenvalue weighted by Gasteiger charge is 2.19. The number of hydrogen-bond donors (Lipinski definition) is 2. The summed E-state index contributed by atoms with van der Waals surface area (Å²) in [7, 11) is 0. The molecule has 0 fully saturated rings. The molecule has 4 aromatic rings. The van der Waals surface area contributed by atoms with Gasteiger partial charge in [0.05, 0.1) is 23.1 Å². The molecule has 0 aliphatic heterocycles. The van der Waals surface area contributed by atoms with Crippen LogP contribution < -0.4 is 10.9 Å². The molecule has 3 heterocycles. The summed E-state index contributed by atoms with van der Waals surface area (Å²) in [5.74, 6) is -0.0790. The maximum absolute atomic E-state index is 13.5. The van der Waals surface area contributed by atoms with Crippen LogP contribution in [0.2, 0.25) is 0 Å². The number of H-pyrrole nitrogens is 1. The van der Waals surface area contributed by atoms with Crippen molar-refractivity contribution in [3.05, 3.63) is 88.2 Å². The molecule has 3 aromatic heterocycles. The fourth-order valence-electron chi connectivity index (χ4n) is 3.38. The molecular weight excluding hydrogens is 369 g/mol. The number of hydrogen-bond acceptors (Lipinski definition) is 4. The van der Waals surface area contributed by atoms with Crippen LogP contribution in [-0.2, 0) is 6.54 Å². The average molecular weight is 391 g/mol. The maximum Gasteiger partial charge on any atom is 0.272 e. The van der Waals surface area contributed by atoms with Crippen LogP contribution in [0.3, 0.4) is 0 Å². The lowest BCUT2D eigenvalue weighted by atomic mass is 10.00. The van der Waals surface area contributed by atoms with Gasteiger partial charge in [0.15, 0.2) is 5.65 Å². The largest absolute Gasteiger partial charge is 0.304 e. The first-order valence-corrected chi connectivity index (χ1v) is 9.53. The zero-order valence-electron chi connectivity index (χ0n) is 16.3. The number of rotatable bonds is 6. The number of fused-ring (bicyclic) bond motifs is 1. The first-order valence-electron chi connectivity index (χ1n) is 9.53. The molecule has 6 nitrogen and oxygen atoms in total. The minimum Gasteiger partial charge on any atom is -0.304 e. The lowest BCUT2D eigenvalue weighted by Crippen LogP contribution is -2.28. The molecule has 2 N–H and O–H groups in total. The topological polar surface area (TPSA) is 75.1 Å². The Hall–Kier alpha value is -3.32. The molecule has 0 unspecified atom stereocenters. The maximum atomic E-state index is 13.5. The third kappa shape index (κ3) is 4.09. The number of aromatic nitrogens is 4. The van der Waals surface area contributed by atoms with E-state index in [1.165, 1.54) is 22.7 Å². The molecule has 7 heteroatoms. The molecule has 0 saturated heterocycles. The average Bonchev–Trinajstić information content (AvgIpc) is 3.14. The van der Waals surface area contributed by atoms with Crippen molar-refractivity contribution in [1.82, 2.24) is 24.9 Å². The second kappa shape index (κ2) is 7.97. The first kappa shape index (κ1) is 19.0. The van der Waals surface area contributed by atoms with Gasteiger partial charge in [-0.3, -0.25) is 14.9 Å². The number of benzene rings is 1. The Balaban J connectivity index is 1.66. The van der Waals surface area contributed by atoms with E-state index in [9.17, 15) is 9.18 Å². The van der Waals surface area contributed by atoms with Crippen molar-refractivity contribution in [3.63, 3.8) is 0 Å². The highest BCUT2D eigenvalue weighted by molar-refractivity contribution is 5.60. The van der Waals surface area contributed by atoms with Gasteiger partial charge < -0.3 is 5.32 Å². The summed E-state index contributed by atoms with van der Waals surface area (Å²) in [5.41, 5.74) is 3.31. The molecule has 0 spiro atoms. The van der Waals surface area contributed by atoms with Gasteiger partial charge in [-0.1, -0.05) is 32.0 Å². The number of nitrogens with zero attached hydrogens (tertiary/aromatic N) is 3. The summed E-state index contributed by atoms with van der Waals surface area (Å²) in [6.45, 7) is 4.60. The fourth-order valence-corrected chi connectivity index (χ4v) is 3.38. The zero-order valence-corrected chi connectivity index (χ0v) is 16.3. The van der Waals surface area contributed by atoms with Gasteiger partial charge in [0.1, 0.15) is 5.82 Å². The van der Waals surface area contributed by atoms with Gasteiger partial charge in [-0.25, -0.2) is 13.9 Å². The van der Waals surface area contributed by atoms with E-state index in [0.29, 0.717) is 17.9 Å². The number of pyridine rings is 1. The van der Waals surface area contributed by atoms with Crippen LogP contribution in [0, 0.1) is 11.7 Å². The van der Waals surface area contributed by atoms with Gasteiger partial charge in [0.2, 0.25) is 0 Å². The van der Waals surface area contributed by atoms with Crippen LogP contribution in [-0.4, -0.2) is 19.6 Å². The van der Waals surface area contributed by atoms with E-state index in [0.717, 1.165) is 17.0 Å². The first-order chi connectivity index (χ1) is 14.0. The molecule has 0 aliphatic carbocycles. The minimum absolute atomic E-state index is 0.149. The Morgan fingerprint density at radius 1 is 1.14 bits per heavy atom. The Morgan fingerprint density at radius 2 is 2.00 bits per heavy atom. The zero-order chi connectivity index (χ0) is 20.4. The normalized spacial score (nSPS) is 12.6. The van der Waals surface area contributed by atoms with Gasteiger partial charge in [-0.2, -0.15) is 0 Å². The molecule has 29 heavy (non-hydrogen) atoms. The highest BCUT2D eigenvalue weighted by atomic mass is 19.1. The van der Waals surface area contributed by atoms with Crippen molar-refractivity contribution in [2.24, 2.45) is 5.92 Å². The van der Waals surface area contributed by atoms with Crippen molar-refractivity contribution in [2.45, 2.75) is 26.4 Å². The Labute approximate surface area is 167 Å². The van der Waals surface area contributed by atoms with E-state index in [4.69, 9.17) is 4.98 Å². The van der Waals surface area contributed by atoms with E-state index in [2.05, 4.69) is 29.2 Å². The van der Waals surface area contributed by atoms with Gasteiger partial charge in [0, 0.05) is 24.9 Å². The van der Waals surface area contributed by atoms with Gasteiger partial charge in [0.25, 0.3) is 5.56 Å². The third-order valence-corrected chi connectivity index (χ3v) is 4.81. The summed E-state index contributed by atoms with van der Waals surface area (Å²) in [6.07, 6.45) is 1.70. The van der Waals surface area contributed by atoms with Crippen molar-refractivity contribution in [1.29, 1.82) is 0 Å². The summed E-state index contributed by atoms with van der Waals surface area (Å²) in [4.78, 5) is 21.7. The van der Waals surface area contributed by atoms with Crippen LogP contribution in [0.25, 0.3) is 17.0 Å². The SMILES string of the molecule is CC(C)[C@@H](NCc1cccc(F)c1)c1cc(=O)n2[nH]c(-c3ccccn3)cc2n1. The summed E-state index contributed by atoms with van der Waals surface area (Å²) >= 11 is 0. The highest BCUT2D eigenvalue weighted by Crippen LogP contribution is 2.22. The lowest BCUT2D eigenvalue weighted by Gasteiger charge is -2.22. The van der Waals surface area contributed by atoms with Crippen LogP contribution in [0.4, 0.5) is 4.39 Å². The molecular formula is C22H22FN5O. The van der Waals surface area contributed by atoms with Gasteiger partial charge in [-0.15, -0.1) is 0 Å². The Bertz CT molecular complexity index is 1180. The lowest BCUT2D eigenvalue weighted by molar-refractivity contribution is 0.401. The molecule has 1 atom stereocenters. The summed E-state index contributed by atoms with van der Waals surface area (Å²) < 4.78 is 14.9. The van der Waals surface area contributed by atoms with Gasteiger partial charge >= 0.3 is 0 Å². The number of aromatic amines is 1. The molecule has 0 amide bonds. The van der Waals surface area contributed by atoms with Crippen LogP contribution in [0.5, 0.6) is 0 Å². The molecule has 0 radical (unpaired) electrons. The van der Waals surface area contributed by atoms with E-state index >= 15 is 0 Å². The molecule has 4 rings (SSSR count). The van der Waals surface area contributed by atoms with E-state index in [1.807, 2.05) is 30.3 Å². The monoisotopic (exact) mass is 391 g/mol. The predicted octanol–water partition coefficient (Wildman–Crippen LogP) is 3.71. The van der Waals surface area contributed by atoms with Gasteiger partial charge in [-0.05, 0) is 35.7 Å². The van der Waals surface area contributed by atoms with E-state index in [1.54, 1.807) is 12.3 Å². The van der Waals surface area contributed by atoms with Crippen LogP contribution in [0.1, 0.15) is 31.1 Å². The van der Waals surface area contributed by atoms with Crippen LogP contribution in [0.15, 0.2) is 65.6 Å². The Kier molecular flexibility index (Phi) is 5.22. The molecule has 1 aromatic carbocycles. The minimum atomic E-state index is -0.266. The summed E-state index contributed by atoms with van der Waals surface area (Å²) in [5, 5.41) is 6.47.